The summed E-state index contributed by atoms with van der Waals surface area (Å²) in [4.78, 5) is 36.5. The minimum atomic E-state index is -0.577. The number of nitrogens with one attached hydrogen (secondary N) is 1. The molecule has 0 bridgehead atoms. The molecule has 28 heavy (non-hydrogen) atoms. The monoisotopic (exact) mass is 380 g/mol. The van der Waals surface area contributed by atoms with Crippen LogP contribution in [0.25, 0.3) is 0 Å². The van der Waals surface area contributed by atoms with Crippen molar-refractivity contribution >= 4 is 17.6 Å². The molecule has 0 saturated heterocycles. The molecule has 0 unspecified atom stereocenters. The maximum Gasteiger partial charge on any atom is 0.339 e. The second-order valence-electron chi connectivity index (χ2n) is 6.01. The molecule has 1 aromatic heterocycles. The van der Waals surface area contributed by atoms with E-state index in [0.717, 1.165) is 0 Å². The van der Waals surface area contributed by atoms with Crippen molar-refractivity contribution in [2.45, 2.75) is 6.54 Å². The highest BCUT2D eigenvalue weighted by Crippen LogP contribution is 2.17. The van der Waals surface area contributed by atoms with Gasteiger partial charge in [-0.3, -0.25) is 9.59 Å². The highest BCUT2D eigenvalue weighted by Gasteiger charge is 2.15. The Bertz CT molecular complexity index is 1090. The van der Waals surface area contributed by atoms with Crippen LogP contribution in [-0.2, 0) is 11.3 Å². The largest absolute Gasteiger partial charge is 0.465 e. The number of pyridine rings is 1. The van der Waals surface area contributed by atoms with E-state index < -0.39 is 17.7 Å². The zero-order valence-corrected chi connectivity index (χ0v) is 15.0. The van der Waals surface area contributed by atoms with Crippen LogP contribution in [0.5, 0.6) is 0 Å². The van der Waals surface area contributed by atoms with Gasteiger partial charge in [0.15, 0.2) is 0 Å². The van der Waals surface area contributed by atoms with Crippen molar-refractivity contribution < 1.29 is 18.7 Å². The van der Waals surface area contributed by atoms with Crippen molar-refractivity contribution in [2.75, 3.05) is 12.4 Å². The summed E-state index contributed by atoms with van der Waals surface area (Å²) in [6.45, 7) is 0.121. The summed E-state index contributed by atoms with van der Waals surface area (Å²) in [6.07, 6.45) is 1.39. The van der Waals surface area contributed by atoms with E-state index in [0.29, 0.717) is 11.3 Å². The first-order valence-corrected chi connectivity index (χ1v) is 8.41. The van der Waals surface area contributed by atoms with Crippen LogP contribution in [0.15, 0.2) is 71.7 Å². The molecule has 142 valence electrons. The normalized spacial score (nSPS) is 10.4. The number of ether oxygens (including phenoxy) is 1. The highest BCUT2D eigenvalue weighted by atomic mass is 19.1. The van der Waals surface area contributed by atoms with Gasteiger partial charge in [-0.15, -0.1) is 0 Å². The summed E-state index contributed by atoms with van der Waals surface area (Å²) in [5.74, 6) is -1.48. The maximum atomic E-state index is 13.4. The van der Waals surface area contributed by atoms with E-state index in [4.69, 9.17) is 4.74 Å². The molecule has 0 aliphatic carbocycles. The van der Waals surface area contributed by atoms with Crippen molar-refractivity contribution in [3.05, 3.63) is 99.7 Å². The molecule has 0 radical (unpaired) electrons. The molecule has 6 nitrogen and oxygen atoms in total. The lowest BCUT2D eigenvalue weighted by Crippen LogP contribution is -2.23. The standard InChI is InChI=1S/C21H17FN2O4/c1-28-21(27)17-7-2-3-8-18(17)23-20(26)15-9-10-19(25)24(13-15)12-14-5-4-6-16(22)11-14/h2-11,13H,12H2,1H3,(H,23,26). The molecule has 1 amide bonds. The van der Waals surface area contributed by atoms with Crippen LogP contribution in [0.1, 0.15) is 26.3 Å². The number of hydrogen-bond donors (Lipinski definition) is 1. The molecule has 0 saturated carbocycles. The second kappa shape index (κ2) is 8.30. The third-order valence-electron chi connectivity index (χ3n) is 4.07. The number of carbonyl (C=O) groups is 2. The number of esters is 1. The van der Waals surface area contributed by atoms with Gasteiger partial charge in [-0.1, -0.05) is 24.3 Å². The van der Waals surface area contributed by atoms with E-state index in [1.54, 1.807) is 30.3 Å². The molecule has 0 spiro atoms. The minimum Gasteiger partial charge on any atom is -0.465 e. The van der Waals surface area contributed by atoms with Gasteiger partial charge in [-0.25, -0.2) is 9.18 Å². The number of rotatable bonds is 5. The predicted octanol–water partition coefficient (Wildman–Crippen LogP) is 3.07. The Kier molecular flexibility index (Phi) is 5.64. The van der Waals surface area contributed by atoms with Gasteiger partial charge in [0.1, 0.15) is 5.82 Å². The molecule has 1 heterocycles. The first-order valence-electron chi connectivity index (χ1n) is 8.41. The smallest absolute Gasteiger partial charge is 0.339 e. The quantitative estimate of drug-likeness (QED) is 0.690. The zero-order valence-electron chi connectivity index (χ0n) is 15.0. The van der Waals surface area contributed by atoms with Gasteiger partial charge in [0.2, 0.25) is 0 Å². The Hall–Kier alpha value is -3.74. The molecule has 0 aliphatic rings. The Morgan fingerprint density at radius 1 is 1.07 bits per heavy atom. The average molecular weight is 380 g/mol. The molecule has 2 aromatic carbocycles. The van der Waals surface area contributed by atoms with E-state index in [2.05, 4.69) is 5.32 Å². The number of aromatic nitrogens is 1. The Morgan fingerprint density at radius 3 is 2.61 bits per heavy atom. The van der Waals surface area contributed by atoms with Crippen molar-refractivity contribution in [1.82, 2.24) is 4.57 Å². The van der Waals surface area contributed by atoms with Crippen LogP contribution in [0.3, 0.4) is 0 Å². The van der Waals surface area contributed by atoms with E-state index in [1.807, 2.05) is 0 Å². The summed E-state index contributed by atoms with van der Waals surface area (Å²) < 4.78 is 19.4. The molecule has 0 aliphatic heterocycles. The topological polar surface area (TPSA) is 77.4 Å². The van der Waals surface area contributed by atoms with Gasteiger partial charge >= 0.3 is 5.97 Å². The molecular weight excluding hydrogens is 363 g/mol. The molecule has 1 N–H and O–H groups in total. The predicted molar refractivity (Wildman–Crippen MR) is 102 cm³/mol. The SMILES string of the molecule is COC(=O)c1ccccc1NC(=O)c1ccc(=O)n(Cc2cccc(F)c2)c1. The summed E-state index contributed by atoms with van der Waals surface area (Å²) in [5, 5.41) is 2.65. The maximum absolute atomic E-state index is 13.4. The van der Waals surface area contributed by atoms with E-state index in [1.165, 1.54) is 48.2 Å². The number of amides is 1. The molecule has 7 heteroatoms. The Morgan fingerprint density at radius 2 is 1.86 bits per heavy atom. The number of carbonyl (C=O) groups excluding carboxylic acids is 2. The fourth-order valence-electron chi connectivity index (χ4n) is 2.70. The van der Waals surface area contributed by atoms with Gasteiger partial charge in [-0.05, 0) is 35.9 Å². The first kappa shape index (κ1) is 19.0. The van der Waals surface area contributed by atoms with Crippen LogP contribution >= 0.6 is 0 Å². The van der Waals surface area contributed by atoms with Gasteiger partial charge < -0.3 is 14.6 Å². The highest BCUT2D eigenvalue weighted by molar-refractivity contribution is 6.07. The number of anilines is 1. The number of halogens is 1. The zero-order chi connectivity index (χ0) is 20.1. The number of nitrogens with zero attached hydrogens (tertiary/aromatic N) is 1. The van der Waals surface area contributed by atoms with Gasteiger partial charge in [-0.2, -0.15) is 0 Å². The van der Waals surface area contributed by atoms with Crippen molar-refractivity contribution in [1.29, 1.82) is 0 Å². The van der Waals surface area contributed by atoms with Crippen molar-refractivity contribution in [3.63, 3.8) is 0 Å². The lowest BCUT2D eigenvalue weighted by Gasteiger charge is -2.11. The van der Waals surface area contributed by atoms with Gasteiger partial charge in [0, 0.05) is 12.3 Å². The molecule has 3 rings (SSSR count). The Balaban J connectivity index is 1.86. The van der Waals surface area contributed by atoms with Crippen molar-refractivity contribution in [2.24, 2.45) is 0 Å². The minimum absolute atomic E-state index is 0.121. The van der Waals surface area contributed by atoms with Crippen LogP contribution < -0.4 is 10.9 Å². The summed E-state index contributed by atoms with van der Waals surface area (Å²) in [5.41, 5.74) is 0.996. The van der Waals surface area contributed by atoms with Crippen LogP contribution in [0, 0.1) is 5.82 Å². The number of hydrogen-bond acceptors (Lipinski definition) is 4. The summed E-state index contributed by atoms with van der Waals surface area (Å²) in [7, 11) is 1.25. The van der Waals surface area contributed by atoms with Crippen LogP contribution in [0.4, 0.5) is 10.1 Å². The van der Waals surface area contributed by atoms with E-state index >= 15 is 0 Å². The van der Waals surface area contributed by atoms with Crippen LogP contribution in [-0.4, -0.2) is 23.6 Å². The molecule has 3 aromatic rings. The van der Waals surface area contributed by atoms with E-state index in [-0.39, 0.29) is 23.2 Å². The Labute approximate surface area is 160 Å². The number of methoxy groups -OCH3 is 1. The average Bonchev–Trinajstić information content (AvgIpc) is 2.69. The van der Waals surface area contributed by atoms with Crippen LogP contribution in [0.2, 0.25) is 0 Å². The summed E-state index contributed by atoms with van der Waals surface area (Å²) in [6, 6.07) is 15.0. The lowest BCUT2D eigenvalue weighted by atomic mass is 10.1. The fourth-order valence-corrected chi connectivity index (χ4v) is 2.70. The molecular formula is C21H17FN2O4. The summed E-state index contributed by atoms with van der Waals surface area (Å²) >= 11 is 0. The molecule has 0 fully saturated rings. The molecule has 0 atom stereocenters. The first-order chi connectivity index (χ1) is 13.5. The third-order valence-corrected chi connectivity index (χ3v) is 4.07. The lowest BCUT2D eigenvalue weighted by molar-refractivity contribution is 0.0602. The van der Waals surface area contributed by atoms with E-state index in [9.17, 15) is 18.8 Å². The number of para-hydroxylation sites is 1. The van der Waals surface area contributed by atoms with Gasteiger partial charge in [0.05, 0.1) is 30.5 Å². The van der Waals surface area contributed by atoms with Gasteiger partial charge in [0.25, 0.3) is 11.5 Å². The second-order valence-corrected chi connectivity index (χ2v) is 6.01. The number of benzene rings is 2. The van der Waals surface area contributed by atoms with Crippen molar-refractivity contribution in [3.8, 4) is 0 Å². The fraction of sp³-hybridized carbons (Fsp3) is 0.0952. The third kappa shape index (κ3) is 4.32.